The monoisotopic (exact) mass is 243 g/mol. The topological polar surface area (TPSA) is 50.2 Å². The van der Waals surface area contributed by atoms with Gasteiger partial charge in [0.05, 0.1) is 5.52 Å². The number of aromatic carboxylic acids is 1. The molecule has 0 amide bonds. The van der Waals surface area contributed by atoms with E-state index in [4.69, 9.17) is 5.11 Å². The molecule has 0 radical (unpaired) electrons. The minimum Gasteiger partial charge on any atom is -0.477 e. The molecule has 0 saturated carbocycles. The summed E-state index contributed by atoms with van der Waals surface area (Å²) in [6.45, 7) is 6.22. The zero-order chi connectivity index (χ0) is 13.3. The lowest BCUT2D eigenvalue weighted by Crippen LogP contribution is -2.04. The van der Waals surface area contributed by atoms with E-state index in [0.717, 1.165) is 28.5 Å². The lowest BCUT2D eigenvalue weighted by molar-refractivity contribution is 0.0691. The van der Waals surface area contributed by atoms with Gasteiger partial charge in [0.1, 0.15) is 5.69 Å². The van der Waals surface area contributed by atoms with Gasteiger partial charge in [-0.1, -0.05) is 39.0 Å². The number of nitrogens with zero attached hydrogens (tertiary/aromatic N) is 1. The Morgan fingerprint density at radius 3 is 2.67 bits per heavy atom. The van der Waals surface area contributed by atoms with Gasteiger partial charge in [0.25, 0.3) is 0 Å². The minimum absolute atomic E-state index is 0.132. The van der Waals surface area contributed by atoms with E-state index in [-0.39, 0.29) is 5.69 Å². The van der Waals surface area contributed by atoms with E-state index in [1.54, 1.807) is 6.07 Å². The number of carboxylic acid groups (broad SMARTS) is 1. The van der Waals surface area contributed by atoms with Gasteiger partial charge in [0.15, 0.2) is 0 Å². The molecule has 0 aliphatic heterocycles. The van der Waals surface area contributed by atoms with Crippen LogP contribution in [0.2, 0.25) is 0 Å². The molecule has 0 unspecified atom stereocenters. The number of carboxylic acids is 1. The van der Waals surface area contributed by atoms with Crippen LogP contribution in [0.5, 0.6) is 0 Å². The number of pyridine rings is 1. The molecule has 0 aliphatic carbocycles. The van der Waals surface area contributed by atoms with Crippen LogP contribution in [0, 0.1) is 0 Å². The minimum atomic E-state index is -0.967. The molecular weight excluding hydrogens is 226 g/mol. The molecular formula is C15H17NO2. The summed E-state index contributed by atoms with van der Waals surface area (Å²) in [7, 11) is 0. The van der Waals surface area contributed by atoms with Crippen molar-refractivity contribution in [1.82, 2.24) is 4.98 Å². The molecule has 2 rings (SSSR count). The molecule has 1 N–H and O–H groups in total. The number of benzene rings is 1. The maximum absolute atomic E-state index is 11.1. The van der Waals surface area contributed by atoms with Crippen molar-refractivity contribution in [1.29, 1.82) is 0 Å². The van der Waals surface area contributed by atoms with Gasteiger partial charge in [-0.25, -0.2) is 9.78 Å². The Balaban J connectivity index is 2.84. The van der Waals surface area contributed by atoms with Crippen LogP contribution in [0.15, 0.2) is 24.3 Å². The van der Waals surface area contributed by atoms with E-state index in [1.807, 2.05) is 25.1 Å². The fourth-order valence-corrected chi connectivity index (χ4v) is 2.21. The summed E-state index contributed by atoms with van der Waals surface area (Å²) in [5, 5.41) is 10.2. The average Bonchev–Trinajstić information content (AvgIpc) is 2.36. The molecule has 18 heavy (non-hydrogen) atoms. The first kappa shape index (κ1) is 12.6. The van der Waals surface area contributed by atoms with E-state index >= 15 is 0 Å². The van der Waals surface area contributed by atoms with Crippen LogP contribution < -0.4 is 0 Å². The quantitative estimate of drug-likeness (QED) is 0.895. The van der Waals surface area contributed by atoms with Crippen LogP contribution in [0.1, 0.15) is 48.3 Å². The molecule has 0 bridgehead atoms. The van der Waals surface area contributed by atoms with Gasteiger partial charge in [0, 0.05) is 5.39 Å². The normalized spacial score (nSPS) is 11.1. The Hall–Kier alpha value is -1.90. The summed E-state index contributed by atoms with van der Waals surface area (Å²) in [6.07, 6.45) is 0.806. The Bertz CT molecular complexity index is 603. The van der Waals surface area contributed by atoms with Crippen molar-refractivity contribution in [2.24, 2.45) is 0 Å². The Kier molecular flexibility index (Phi) is 3.32. The maximum atomic E-state index is 11.1. The predicted molar refractivity (Wildman–Crippen MR) is 72.2 cm³/mol. The van der Waals surface area contributed by atoms with Crippen molar-refractivity contribution < 1.29 is 9.90 Å². The van der Waals surface area contributed by atoms with Crippen molar-refractivity contribution in [2.45, 2.75) is 33.1 Å². The number of para-hydroxylation sites is 1. The zero-order valence-corrected chi connectivity index (χ0v) is 10.9. The highest BCUT2D eigenvalue weighted by molar-refractivity contribution is 5.92. The van der Waals surface area contributed by atoms with E-state index in [0.29, 0.717) is 5.92 Å². The summed E-state index contributed by atoms with van der Waals surface area (Å²) in [5.74, 6) is -0.639. The molecule has 1 aromatic heterocycles. The highest BCUT2D eigenvalue weighted by Crippen LogP contribution is 2.27. The van der Waals surface area contributed by atoms with Crippen LogP contribution >= 0.6 is 0 Å². The first-order chi connectivity index (χ1) is 8.54. The van der Waals surface area contributed by atoms with Gasteiger partial charge in [-0.15, -0.1) is 0 Å². The molecule has 1 aromatic carbocycles. The first-order valence-corrected chi connectivity index (χ1v) is 6.20. The lowest BCUT2D eigenvalue weighted by Gasteiger charge is -2.12. The second kappa shape index (κ2) is 4.77. The predicted octanol–water partition coefficient (Wildman–Crippen LogP) is 3.62. The molecule has 0 aliphatic rings. The Morgan fingerprint density at radius 2 is 2.11 bits per heavy atom. The number of rotatable bonds is 3. The highest BCUT2D eigenvalue weighted by atomic mass is 16.4. The number of hydrogen-bond donors (Lipinski definition) is 1. The van der Waals surface area contributed by atoms with Crippen LogP contribution in [-0.2, 0) is 6.42 Å². The van der Waals surface area contributed by atoms with Crippen LogP contribution in [0.4, 0.5) is 0 Å². The summed E-state index contributed by atoms with van der Waals surface area (Å²) < 4.78 is 0. The third-order valence-electron chi connectivity index (χ3n) is 3.18. The molecule has 0 atom stereocenters. The smallest absolute Gasteiger partial charge is 0.354 e. The number of aromatic nitrogens is 1. The largest absolute Gasteiger partial charge is 0.477 e. The van der Waals surface area contributed by atoms with Crippen molar-refractivity contribution in [3.63, 3.8) is 0 Å². The van der Waals surface area contributed by atoms with E-state index < -0.39 is 5.97 Å². The van der Waals surface area contributed by atoms with E-state index in [9.17, 15) is 4.79 Å². The van der Waals surface area contributed by atoms with Gasteiger partial charge >= 0.3 is 5.97 Å². The van der Waals surface area contributed by atoms with Crippen LogP contribution in [-0.4, -0.2) is 16.1 Å². The second-order valence-electron chi connectivity index (χ2n) is 4.72. The van der Waals surface area contributed by atoms with Crippen molar-refractivity contribution in [2.75, 3.05) is 0 Å². The molecule has 3 nitrogen and oxygen atoms in total. The Morgan fingerprint density at radius 1 is 1.39 bits per heavy atom. The molecule has 1 heterocycles. The van der Waals surface area contributed by atoms with Crippen LogP contribution in [0.25, 0.3) is 10.9 Å². The standard InChI is InChI=1S/C15H17NO2/c1-4-10-8-13(15(17)18)16-14-11(9(2)3)6-5-7-12(10)14/h5-9H,4H2,1-3H3,(H,17,18). The summed E-state index contributed by atoms with van der Waals surface area (Å²) in [5.41, 5.74) is 3.10. The number of aryl methyl sites for hydroxylation is 1. The summed E-state index contributed by atoms with van der Waals surface area (Å²) in [4.78, 5) is 15.4. The van der Waals surface area contributed by atoms with Gasteiger partial charge in [-0.3, -0.25) is 0 Å². The van der Waals surface area contributed by atoms with Crippen molar-refractivity contribution >= 4 is 16.9 Å². The van der Waals surface area contributed by atoms with Crippen molar-refractivity contribution in [3.05, 3.63) is 41.1 Å². The lowest BCUT2D eigenvalue weighted by atomic mass is 9.96. The number of carbonyl (C=O) groups is 1. The second-order valence-corrected chi connectivity index (χ2v) is 4.72. The fraction of sp³-hybridized carbons (Fsp3) is 0.333. The summed E-state index contributed by atoms with van der Waals surface area (Å²) >= 11 is 0. The molecule has 94 valence electrons. The first-order valence-electron chi connectivity index (χ1n) is 6.20. The van der Waals surface area contributed by atoms with E-state index in [2.05, 4.69) is 18.8 Å². The van der Waals surface area contributed by atoms with Gasteiger partial charge < -0.3 is 5.11 Å². The van der Waals surface area contributed by atoms with Gasteiger partial charge in [-0.2, -0.15) is 0 Å². The molecule has 0 spiro atoms. The summed E-state index contributed by atoms with van der Waals surface area (Å²) in [6, 6.07) is 7.72. The molecule has 3 heteroatoms. The molecule has 0 fully saturated rings. The SMILES string of the molecule is CCc1cc(C(=O)O)nc2c(C(C)C)cccc12. The molecule has 0 saturated heterocycles. The zero-order valence-electron chi connectivity index (χ0n) is 10.9. The fourth-order valence-electron chi connectivity index (χ4n) is 2.21. The maximum Gasteiger partial charge on any atom is 0.354 e. The van der Waals surface area contributed by atoms with Crippen LogP contribution in [0.3, 0.4) is 0 Å². The van der Waals surface area contributed by atoms with Gasteiger partial charge in [0.2, 0.25) is 0 Å². The Labute approximate surface area is 106 Å². The third kappa shape index (κ3) is 2.08. The number of fused-ring (bicyclic) bond motifs is 1. The average molecular weight is 243 g/mol. The van der Waals surface area contributed by atoms with Gasteiger partial charge in [-0.05, 0) is 29.5 Å². The molecule has 2 aromatic rings. The third-order valence-corrected chi connectivity index (χ3v) is 3.18. The highest BCUT2D eigenvalue weighted by Gasteiger charge is 2.13. The van der Waals surface area contributed by atoms with E-state index in [1.165, 1.54) is 0 Å². The van der Waals surface area contributed by atoms with Crippen molar-refractivity contribution in [3.8, 4) is 0 Å². The number of hydrogen-bond acceptors (Lipinski definition) is 2.